The molecule has 0 aliphatic heterocycles. The third-order valence-electron chi connectivity index (χ3n) is 3.92. The number of nitrogens with zero attached hydrogens (tertiary/aromatic N) is 1. The van der Waals surface area contributed by atoms with Crippen molar-refractivity contribution >= 4 is 16.2 Å². The summed E-state index contributed by atoms with van der Waals surface area (Å²) in [5, 5.41) is 3.89. The average molecular weight is 375 g/mol. The fourth-order valence-corrected chi connectivity index (χ4v) is 3.46. The van der Waals surface area contributed by atoms with E-state index < -0.39 is 10.0 Å². The van der Waals surface area contributed by atoms with E-state index in [1.54, 1.807) is 13.0 Å². The number of sulfonamides is 1. The van der Waals surface area contributed by atoms with Crippen LogP contribution in [0.1, 0.15) is 44.4 Å². The zero-order valence-electron chi connectivity index (χ0n) is 15.9. The lowest BCUT2D eigenvalue weighted by atomic mass is 9.87. The Morgan fingerprint density at radius 2 is 1.77 bits per heavy atom. The molecule has 0 unspecified atom stereocenters. The van der Waals surface area contributed by atoms with Gasteiger partial charge in [-0.05, 0) is 66.3 Å². The highest BCUT2D eigenvalue weighted by atomic mass is 32.2. The third kappa shape index (κ3) is 5.08. The summed E-state index contributed by atoms with van der Waals surface area (Å²) in [6.07, 6.45) is 1.47. The Morgan fingerprint density at radius 1 is 1.12 bits per heavy atom. The smallest absolute Gasteiger partial charge is 0.276 e. The first-order valence-corrected chi connectivity index (χ1v) is 10.0. The predicted molar refractivity (Wildman–Crippen MR) is 105 cm³/mol. The second kappa shape index (κ2) is 7.91. The summed E-state index contributed by atoms with van der Waals surface area (Å²) < 4.78 is 30.6. The van der Waals surface area contributed by atoms with E-state index >= 15 is 0 Å². The van der Waals surface area contributed by atoms with Crippen molar-refractivity contribution in [2.75, 3.05) is 6.61 Å². The largest absolute Gasteiger partial charge is 0.494 e. The summed E-state index contributed by atoms with van der Waals surface area (Å²) in [6, 6.07) is 12.8. The van der Waals surface area contributed by atoms with Crippen LogP contribution in [-0.2, 0) is 15.4 Å². The standard InChI is InChI=1S/C20H26N2O3S/c1-6-25-18-11-8-16(9-12-18)14-21-22-26(23,24)19-13-17(20(3,4)5)10-7-15(19)2/h7-14,22H,6H2,1-5H3/b21-14+. The molecule has 0 saturated carbocycles. The summed E-state index contributed by atoms with van der Waals surface area (Å²) in [5.74, 6) is 0.764. The van der Waals surface area contributed by atoms with E-state index in [-0.39, 0.29) is 10.3 Å². The molecular formula is C20H26N2O3S. The van der Waals surface area contributed by atoms with Crippen molar-refractivity contribution < 1.29 is 13.2 Å². The highest BCUT2D eigenvalue weighted by Gasteiger charge is 2.20. The molecule has 5 nitrogen and oxygen atoms in total. The van der Waals surface area contributed by atoms with Crippen LogP contribution < -0.4 is 9.57 Å². The fraction of sp³-hybridized carbons (Fsp3) is 0.350. The van der Waals surface area contributed by atoms with Crippen molar-refractivity contribution in [3.8, 4) is 5.75 Å². The van der Waals surface area contributed by atoms with Crippen molar-refractivity contribution in [3.05, 3.63) is 59.2 Å². The number of rotatable bonds is 6. The van der Waals surface area contributed by atoms with Gasteiger partial charge in [0.15, 0.2) is 0 Å². The summed E-state index contributed by atoms with van der Waals surface area (Å²) in [7, 11) is -3.73. The van der Waals surface area contributed by atoms with Crippen molar-refractivity contribution in [1.29, 1.82) is 0 Å². The van der Waals surface area contributed by atoms with Gasteiger partial charge in [0.05, 0.1) is 17.7 Å². The molecule has 26 heavy (non-hydrogen) atoms. The first-order chi connectivity index (χ1) is 12.1. The van der Waals surface area contributed by atoms with Crippen LogP contribution in [0, 0.1) is 6.92 Å². The Balaban J connectivity index is 2.18. The molecule has 0 heterocycles. The SMILES string of the molecule is CCOc1ccc(/C=N/NS(=O)(=O)c2cc(C(C)(C)C)ccc2C)cc1. The Morgan fingerprint density at radius 3 is 2.35 bits per heavy atom. The van der Waals surface area contributed by atoms with Crippen molar-refractivity contribution in [2.24, 2.45) is 5.10 Å². The molecule has 0 amide bonds. The molecule has 2 aromatic carbocycles. The molecule has 0 aliphatic carbocycles. The molecule has 2 rings (SSSR count). The van der Waals surface area contributed by atoms with E-state index in [0.717, 1.165) is 16.9 Å². The highest BCUT2D eigenvalue weighted by Crippen LogP contribution is 2.26. The van der Waals surface area contributed by atoms with Crippen LogP contribution in [0.5, 0.6) is 5.75 Å². The topological polar surface area (TPSA) is 67.8 Å². The maximum Gasteiger partial charge on any atom is 0.276 e. The van der Waals surface area contributed by atoms with Crippen LogP contribution in [0.25, 0.3) is 0 Å². The van der Waals surface area contributed by atoms with Crippen molar-refractivity contribution in [3.63, 3.8) is 0 Å². The van der Waals surface area contributed by atoms with Crippen LogP contribution in [0.4, 0.5) is 0 Å². The van der Waals surface area contributed by atoms with Crippen LogP contribution >= 0.6 is 0 Å². The van der Waals surface area contributed by atoms with Gasteiger partial charge in [-0.25, -0.2) is 4.83 Å². The van der Waals surface area contributed by atoms with Gasteiger partial charge in [-0.2, -0.15) is 13.5 Å². The van der Waals surface area contributed by atoms with E-state index in [9.17, 15) is 8.42 Å². The molecule has 0 bridgehead atoms. The summed E-state index contributed by atoms with van der Waals surface area (Å²) in [5.41, 5.74) is 2.28. The van der Waals surface area contributed by atoms with Gasteiger partial charge >= 0.3 is 0 Å². The number of ether oxygens (including phenoxy) is 1. The van der Waals surface area contributed by atoms with E-state index in [4.69, 9.17) is 4.74 Å². The predicted octanol–water partition coefficient (Wildman–Crippen LogP) is 4.00. The lowest BCUT2D eigenvalue weighted by Gasteiger charge is -2.20. The first-order valence-electron chi connectivity index (χ1n) is 8.52. The Kier molecular flexibility index (Phi) is 6.08. The Labute approximate surface area is 156 Å². The van der Waals surface area contributed by atoms with E-state index in [0.29, 0.717) is 12.2 Å². The van der Waals surface area contributed by atoms with Gasteiger partial charge in [-0.1, -0.05) is 32.9 Å². The van der Waals surface area contributed by atoms with Crippen LogP contribution in [0.2, 0.25) is 0 Å². The Bertz CT molecular complexity index is 880. The molecule has 0 aliphatic rings. The van der Waals surface area contributed by atoms with E-state index in [2.05, 4.69) is 9.93 Å². The van der Waals surface area contributed by atoms with Crippen molar-refractivity contribution in [1.82, 2.24) is 4.83 Å². The molecule has 6 heteroatoms. The lowest BCUT2D eigenvalue weighted by molar-refractivity contribution is 0.340. The molecular weight excluding hydrogens is 348 g/mol. The zero-order valence-corrected chi connectivity index (χ0v) is 16.7. The minimum atomic E-state index is -3.73. The number of aryl methyl sites for hydroxylation is 1. The van der Waals surface area contributed by atoms with Gasteiger partial charge in [-0.3, -0.25) is 0 Å². The second-order valence-electron chi connectivity index (χ2n) is 7.09. The number of hydrazone groups is 1. The monoisotopic (exact) mass is 374 g/mol. The molecule has 2 aromatic rings. The quantitative estimate of drug-likeness (QED) is 0.614. The molecule has 0 aromatic heterocycles. The maximum atomic E-state index is 12.6. The molecule has 0 spiro atoms. The Hall–Kier alpha value is -2.34. The fourth-order valence-electron chi connectivity index (χ4n) is 2.39. The normalized spacial score (nSPS) is 12.3. The summed E-state index contributed by atoms with van der Waals surface area (Å²) in [4.78, 5) is 2.54. The van der Waals surface area contributed by atoms with Gasteiger partial charge < -0.3 is 4.74 Å². The molecule has 0 radical (unpaired) electrons. The van der Waals surface area contributed by atoms with Gasteiger partial charge in [0, 0.05) is 0 Å². The minimum absolute atomic E-state index is 0.135. The number of hydrogen-bond acceptors (Lipinski definition) is 4. The molecule has 0 fully saturated rings. The van der Waals surface area contributed by atoms with Gasteiger partial charge in [-0.15, -0.1) is 0 Å². The van der Waals surface area contributed by atoms with Gasteiger partial charge in [0.25, 0.3) is 10.0 Å². The minimum Gasteiger partial charge on any atom is -0.494 e. The van der Waals surface area contributed by atoms with E-state index in [1.165, 1.54) is 6.21 Å². The molecule has 1 N–H and O–H groups in total. The number of hydrogen-bond donors (Lipinski definition) is 1. The first kappa shape index (κ1) is 20.0. The maximum absolute atomic E-state index is 12.6. The third-order valence-corrected chi connectivity index (χ3v) is 5.29. The molecule has 0 saturated heterocycles. The van der Waals surface area contributed by atoms with E-state index in [1.807, 2.05) is 64.1 Å². The number of benzene rings is 2. The van der Waals surface area contributed by atoms with Crippen LogP contribution in [0.15, 0.2) is 52.5 Å². The zero-order chi connectivity index (χ0) is 19.4. The van der Waals surface area contributed by atoms with Gasteiger partial charge in [0.2, 0.25) is 0 Å². The van der Waals surface area contributed by atoms with Crippen LogP contribution in [0.3, 0.4) is 0 Å². The van der Waals surface area contributed by atoms with Crippen molar-refractivity contribution in [2.45, 2.75) is 44.9 Å². The average Bonchev–Trinajstić information content (AvgIpc) is 2.56. The lowest BCUT2D eigenvalue weighted by Crippen LogP contribution is -2.21. The van der Waals surface area contributed by atoms with Crippen LogP contribution in [-0.4, -0.2) is 21.2 Å². The summed E-state index contributed by atoms with van der Waals surface area (Å²) >= 11 is 0. The molecule has 140 valence electrons. The second-order valence-corrected chi connectivity index (χ2v) is 8.71. The highest BCUT2D eigenvalue weighted by molar-refractivity contribution is 7.89. The summed E-state index contributed by atoms with van der Waals surface area (Å²) in [6.45, 7) is 10.4. The van der Waals surface area contributed by atoms with Gasteiger partial charge in [0.1, 0.15) is 5.75 Å². The number of nitrogens with one attached hydrogen (secondary N) is 1. The molecule has 0 atom stereocenters.